The highest BCUT2D eigenvalue weighted by atomic mass is 35.5. The molecule has 0 unspecified atom stereocenters. The number of hydrogen-bond acceptors (Lipinski definition) is 2. The molecule has 0 fully saturated rings. The zero-order valence-corrected chi connectivity index (χ0v) is 10.8. The molecule has 4 heteroatoms. The molecule has 1 heterocycles. The van der Waals surface area contributed by atoms with Gasteiger partial charge in [0.25, 0.3) is 0 Å². The zero-order valence-electron chi connectivity index (χ0n) is 10.1. The van der Waals surface area contributed by atoms with Crippen LogP contribution in [0.3, 0.4) is 0 Å². The molecular formula is C13H16ClN3. The van der Waals surface area contributed by atoms with E-state index in [1.165, 1.54) is 0 Å². The quantitative estimate of drug-likeness (QED) is 0.896. The Hall–Kier alpha value is -1.48. The number of aryl methyl sites for hydroxylation is 1. The van der Waals surface area contributed by atoms with E-state index in [1.54, 1.807) is 0 Å². The van der Waals surface area contributed by atoms with Crippen LogP contribution in [-0.4, -0.2) is 16.1 Å². The largest absolute Gasteiger partial charge is 0.355 e. The van der Waals surface area contributed by atoms with Gasteiger partial charge in [0, 0.05) is 23.5 Å². The molecule has 0 saturated carbocycles. The molecule has 0 aliphatic carbocycles. The van der Waals surface area contributed by atoms with Gasteiger partial charge in [0.2, 0.25) is 5.95 Å². The van der Waals surface area contributed by atoms with Gasteiger partial charge >= 0.3 is 0 Å². The van der Waals surface area contributed by atoms with Crippen molar-refractivity contribution in [1.82, 2.24) is 9.55 Å². The van der Waals surface area contributed by atoms with E-state index in [4.69, 9.17) is 11.6 Å². The maximum Gasteiger partial charge on any atom is 0.207 e. The summed E-state index contributed by atoms with van der Waals surface area (Å²) in [6, 6.07) is 7.74. The van der Waals surface area contributed by atoms with Gasteiger partial charge in [-0.25, -0.2) is 4.98 Å². The average molecular weight is 250 g/mol. The maximum absolute atomic E-state index is 5.89. The molecule has 0 amide bonds. The van der Waals surface area contributed by atoms with Crippen molar-refractivity contribution in [2.45, 2.75) is 20.3 Å². The Morgan fingerprint density at radius 2 is 2.00 bits per heavy atom. The summed E-state index contributed by atoms with van der Waals surface area (Å²) in [7, 11) is 0. The smallest absolute Gasteiger partial charge is 0.207 e. The molecule has 17 heavy (non-hydrogen) atoms. The van der Waals surface area contributed by atoms with Crippen LogP contribution in [0.1, 0.15) is 19.0 Å². The summed E-state index contributed by atoms with van der Waals surface area (Å²) in [5, 5.41) is 4.06. The molecule has 1 aromatic heterocycles. The van der Waals surface area contributed by atoms with Crippen LogP contribution in [-0.2, 0) is 0 Å². The average Bonchev–Trinajstić information content (AvgIpc) is 2.69. The predicted octanol–water partition coefficient (Wildman–Crippen LogP) is 3.66. The fraction of sp³-hybridized carbons (Fsp3) is 0.308. The second kappa shape index (κ2) is 5.23. The third kappa shape index (κ3) is 2.80. The summed E-state index contributed by atoms with van der Waals surface area (Å²) in [5.74, 6) is 0.881. The Balaban J connectivity index is 2.33. The van der Waals surface area contributed by atoms with Gasteiger partial charge in [0.15, 0.2) is 0 Å². The number of halogens is 1. The van der Waals surface area contributed by atoms with Crippen LogP contribution in [0.4, 0.5) is 5.95 Å². The minimum absolute atomic E-state index is 0.744. The highest BCUT2D eigenvalue weighted by Crippen LogP contribution is 2.18. The van der Waals surface area contributed by atoms with Crippen molar-refractivity contribution in [3.05, 3.63) is 41.2 Å². The number of anilines is 1. The molecule has 0 atom stereocenters. The lowest BCUT2D eigenvalue weighted by molar-refractivity contribution is 0.936. The molecule has 1 N–H and O–H groups in total. The lowest BCUT2D eigenvalue weighted by atomic mass is 10.3. The summed E-state index contributed by atoms with van der Waals surface area (Å²) >= 11 is 5.89. The SMILES string of the molecule is CCCNc1nc(C)cn1-c1ccc(Cl)cc1. The highest BCUT2D eigenvalue weighted by Gasteiger charge is 2.06. The normalized spacial score (nSPS) is 10.5. The Bertz CT molecular complexity index is 488. The summed E-state index contributed by atoms with van der Waals surface area (Å²) in [5.41, 5.74) is 2.06. The van der Waals surface area contributed by atoms with E-state index in [1.807, 2.05) is 42.0 Å². The predicted molar refractivity (Wildman–Crippen MR) is 72.1 cm³/mol. The monoisotopic (exact) mass is 249 g/mol. The number of nitrogens with one attached hydrogen (secondary N) is 1. The van der Waals surface area contributed by atoms with Gasteiger partial charge in [0.05, 0.1) is 5.69 Å². The van der Waals surface area contributed by atoms with E-state index >= 15 is 0 Å². The Labute approximate surface area is 106 Å². The van der Waals surface area contributed by atoms with Crippen molar-refractivity contribution >= 4 is 17.5 Å². The van der Waals surface area contributed by atoms with Crippen LogP contribution in [0.5, 0.6) is 0 Å². The van der Waals surface area contributed by atoms with Gasteiger partial charge in [-0.05, 0) is 37.6 Å². The number of nitrogens with zero attached hydrogens (tertiary/aromatic N) is 2. The first-order valence-electron chi connectivity index (χ1n) is 5.76. The zero-order chi connectivity index (χ0) is 12.3. The number of hydrogen-bond donors (Lipinski definition) is 1. The van der Waals surface area contributed by atoms with Gasteiger partial charge in [-0.15, -0.1) is 0 Å². The molecule has 0 bridgehead atoms. The molecule has 0 aliphatic rings. The summed E-state index contributed by atoms with van der Waals surface area (Å²) in [4.78, 5) is 4.47. The van der Waals surface area contributed by atoms with Gasteiger partial charge in [-0.3, -0.25) is 4.57 Å². The first kappa shape index (κ1) is 12.0. The molecular weight excluding hydrogens is 234 g/mol. The Morgan fingerprint density at radius 3 is 2.65 bits per heavy atom. The molecule has 0 radical (unpaired) electrons. The van der Waals surface area contributed by atoms with Crippen molar-refractivity contribution in [1.29, 1.82) is 0 Å². The van der Waals surface area contributed by atoms with E-state index in [2.05, 4.69) is 17.2 Å². The number of aromatic nitrogens is 2. The van der Waals surface area contributed by atoms with Crippen LogP contribution >= 0.6 is 11.6 Å². The van der Waals surface area contributed by atoms with Gasteiger partial charge < -0.3 is 5.32 Å². The van der Waals surface area contributed by atoms with Crippen LogP contribution in [0.25, 0.3) is 5.69 Å². The maximum atomic E-state index is 5.89. The highest BCUT2D eigenvalue weighted by molar-refractivity contribution is 6.30. The van der Waals surface area contributed by atoms with Gasteiger partial charge in [-0.2, -0.15) is 0 Å². The van der Waals surface area contributed by atoms with E-state index in [9.17, 15) is 0 Å². The van der Waals surface area contributed by atoms with E-state index in [-0.39, 0.29) is 0 Å². The van der Waals surface area contributed by atoms with Gasteiger partial charge in [-0.1, -0.05) is 18.5 Å². The second-order valence-corrected chi connectivity index (χ2v) is 4.42. The number of rotatable bonds is 4. The third-order valence-electron chi connectivity index (χ3n) is 2.46. The summed E-state index contributed by atoms with van der Waals surface area (Å²) in [6.07, 6.45) is 3.09. The van der Waals surface area contributed by atoms with Crippen LogP contribution < -0.4 is 5.32 Å². The van der Waals surface area contributed by atoms with Crippen molar-refractivity contribution in [3.63, 3.8) is 0 Å². The minimum Gasteiger partial charge on any atom is -0.355 e. The summed E-state index contributed by atoms with van der Waals surface area (Å²) < 4.78 is 2.04. The minimum atomic E-state index is 0.744. The van der Waals surface area contributed by atoms with Crippen molar-refractivity contribution in [3.8, 4) is 5.69 Å². The Kier molecular flexibility index (Phi) is 3.69. The lowest BCUT2D eigenvalue weighted by Crippen LogP contribution is -2.06. The van der Waals surface area contributed by atoms with E-state index in [0.29, 0.717) is 0 Å². The number of benzene rings is 1. The Morgan fingerprint density at radius 1 is 1.29 bits per heavy atom. The standard InChI is InChI=1S/C13H16ClN3/c1-3-8-15-13-16-10(2)9-17(13)12-6-4-11(14)5-7-12/h4-7,9H,3,8H2,1-2H3,(H,15,16). The number of imidazole rings is 1. The fourth-order valence-electron chi connectivity index (χ4n) is 1.66. The van der Waals surface area contributed by atoms with Crippen LogP contribution in [0, 0.1) is 6.92 Å². The molecule has 0 spiro atoms. The molecule has 0 saturated heterocycles. The van der Waals surface area contributed by atoms with Crippen LogP contribution in [0.2, 0.25) is 5.02 Å². The first-order valence-corrected chi connectivity index (χ1v) is 6.14. The topological polar surface area (TPSA) is 29.9 Å². The molecule has 1 aromatic carbocycles. The van der Waals surface area contributed by atoms with Crippen molar-refractivity contribution in [2.24, 2.45) is 0 Å². The lowest BCUT2D eigenvalue weighted by Gasteiger charge is -2.08. The van der Waals surface area contributed by atoms with Crippen molar-refractivity contribution < 1.29 is 0 Å². The first-order chi connectivity index (χ1) is 8.20. The van der Waals surface area contributed by atoms with Gasteiger partial charge in [0.1, 0.15) is 0 Å². The van der Waals surface area contributed by atoms with Crippen LogP contribution in [0.15, 0.2) is 30.5 Å². The van der Waals surface area contributed by atoms with E-state index in [0.717, 1.165) is 35.3 Å². The second-order valence-electron chi connectivity index (χ2n) is 3.98. The molecule has 2 rings (SSSR count). The fourth-order valence-corrected chi connectivity index (χ4v) is 1.78. The third-order valence-corrected chi connectivity index (χ3v) is 2.72. The van der Waals surface area contributed by atoms with Crippen molar-refractivity contribution in [2.75, 3.05) is 11.9 Å². The molecule has 2 aromatic rings. The molecule has 90 valence electrons. The summed E-state index contributed by atoms with van der Waals surface area (Å²) in [6.45, 7) is 5.04. The molecule has 0 aliphatic heterocycles. The molecule has 3 nitrogen and oxygen atoms in total. The van der Waals surface area contributed by atoms with E-state index < -0.39 is 0 Å².